The van der Waals surface area contributed by atoms with Crippen LogP contribution >= 0.6 is 0 Å². The van der Waals surface area contributed by atoms with Gasteiger partial charge in [-0.05, 0) is 25.4 Å². The Bertz CT molecular complexity index is 123. The van der Waals surface area contributed by atoms with Gasteiger partial charge < -0.3 is 5.32 Å². The first-order chi connectivity index (χ1) is 7.85. The van der Waals surface area contributed by atoms with Gasteiger partial charge in [0, 0.05) is 0 Å². The van der Waals surface area contributed by atoms with Gasteiger partial charge in [-0.1, -0.05) is 72.1 Å². The van der Waals surface area contributed by atoms with Crippen LogP contribution in [-0.4, -0.2) is 13.1 Å². The molecule has 1 nitrogen and oxygen atoms in total. The fourth-order valence-corrected chi connectivity index (χ4v) is 2.19. The highest BCUT2D eigenvalue weighted by Crippen LogP contribution is 2.14. The van der Waals surface area contributed by atoms with Crippen LogP contribution < -0.4 is 5.32 Å². The predicted octanol–water partition coefficient (Wildman–Crippen LogP) is 4.76. The fourth-order valence-electron chi connectivity index (χ4n) is 2.19. The van der Waals surface area contributed by atoms with Crippen LogP contribution in [0, 0.1) is 5.92 Å². The van der Waals surface area contributed by atoms with Gasteiger partial charge in [-0.3, -0.25) is 0 Å². The van der Waals surface area contributed by atoms with E-state index >= 15 is 0 Å². The summed E-state index contributed by atoms with van der Waals surface area (Å²) in [5.41, 5.74) is 0. The van der Waals surface area contributed by atoms with Crippen molar-refractivity contribution in [3.05, 3.63) is 0 Å². The smallest absolute Gasteiger partial charge is 0.00207 e. The minimum Gasteiger partial charge on any atom is -0.317 e. The SMILES string of the molecule is CCCCCCCCCC(CC)CNCC. The minimum absolute atomic E-state index is 0.913. The van der Waals surface area contributed by atoms with Gasteiger partial charge in [0.05, 0.1) is 0 Å². The summed E-state index contributed by atoms with van der Waals surface area (Å²) in [5, 5.41) is 3.47. The normalized spacial score (nSPS) is 12.9. The molecule has 0 spiro atoms. The molecule has 1 N–H and O–H groups in total. The molecule has 0 bridgehead atoms. The summed E-state index contributed by atoms with van der Waals surface area (Å²) < 4.78 is 0. The lowest BCUT2D eigenvalue weighted by Gasteiger charge is -2.14. The van der Waals surface area contributed by atoms with E-state index in [2.05, 4.69) is 26.1 Å². The molecular weight excluding hydrogens is 194 g/mol. The second-order valence-electron chi connectivity index (χ2n) is 4.99. The highest BCUT2D eigenvalue weighted by molar-refractivity contribution is 4.60. The van der Waals surface area contributed by atoms with Crippen LogP contribution in [0.3, 0.4) is 0 Å². The Morgan fingerprint density at radius 1 is 0.812 bits per heavy atom. The lowest BCUT2D eigenvalue weighted by molar-refractivity contribution is 0.415. The highest BCUT2D eigenvalue weighted by Gasteiger charge is 2.04. The van der Waals surface area contributed by atoms with Crippen molar-refractivity contribution in [2.45, 2.75) is 78.6 Å². The number of nitrogens with one attached hydrogen (secondary N) is 1. The number of hydrogen-bond donors (Lipinski definition) is 1. The van der Waals surface area contributed by atoms with E-state index < -0.39 is 0 Å². The first-order valence-electron chi connectivity index (χ1n) is 7.55. The molecule has 1 atom stereocenters. The molecule has 16 heavy (non-hydrogen) atoms. The molecule has 0 saturated carbocycles. The maximum atomic E-state index is 3.47. The molecule has 0 aromatic heterocycles. The van der Waals surface area contributed by atoms with E-state index in [0.717, 1.165) is 12.5 Å². The zero-order chi connectivity index (χ0) is 12.1. The molecule has 98 valence electrons. The van der Waals surface area contributed by atoms with Gasteiger partial charge in [-0.25, -0.2) is 0 Å². The van der Waals surface area contributed by atoms with E-state index in [1.165, 1.54) is 64.3 Å². The van der Waals surface area contributed by atoms with Gasteiger partial charge in [0.15, 0.2) is 0 Å². The predicted molar refractivity (Wildman–Crippen MR) is 74.9 cm³/mol. The summed E-state index contributed by atoms with van der Waals surface area (Å²) in [6.07, 6.45) is 12.8. The summed E-state index contributed by atoms with van der Waals surface area (Å²) in [4.78, 5) is 0. The zero-order valence-corrected chi connectivity index (χ0v) is 11.9. The number of hydrogen-bond acceptors (Lipinski definition) is 1. The van der Waals surface area contributed by atoms with Crippen molar-refractivity contribution in [2.24, 2.45) is 5.92 Å². The third kappa shape index (κ3) is 10.5. The molecule has 0 fully saturated rings. The van der Waals surface area contributed by atoms with E-state index in [1.807, 2.05) is 0 Å². The molecule has 0 aliphatic rings. The van der Waals surface area contributed by atoms with Gasteiger partial charge in [0.1, 0.15) is 0 Å². The molecule has 0 radical (unpaired) electrons. The van der Waals surface area contributed by atoms with Gasteiger partial charge >= 0.3 is 0 Å². The first-order valence-corrected chi connectivity index (χ1v) is 7.55. The van der Waals surface area contributed by atoms with E-state index in [9.17, 15) is 0 Å². The quantitative estimate of drug-likeness (QED) is 0.474. The Morgan fingerprint density at radius 3 is 2.00 bits per heavy atom. The fraction of sp³-hybridized carbons (Fsp3) is 1.00. The summed E-state index contributed by atoms with van der Waals surface area (Å²) in [6, 6.07) is 0. The summed E-state index contributed by atoms with van der Waals surface area (Å²) >= 11 is 0. The third-order valence-corrected chi connectivity index (χ3v) is 3.48. The van der Waals surface area contributed by atoms with E-state index in [4.69, 9.17) is 0 Å². The monoisotopic (exact) mass is 227 g/mol. The maximum absolute atomic E-state index is 3.47. The van der Waals surface area contributed by atoms with Gasteiger partial charge in [0.2, 0.25) is 0 Å². The molecule has 0 heterocycles. The Balaban J connectivity index is 3.20. The van der Waals surface area contributed by atoms with Gasteiger partial charge in [0.25, 0.3) is 0 Å². The molecule has 0 rings (SSSR count). The van der Waals surface area contributed by atoms with Crippen molar-refractivity contribution in [2.75, 3.05) is 13.1 Å². The van der Waals surface area contributed by atoms with Crippen LogP contribution in [-0.2, 0) is 0 Å². The Hall–Kier alpha value is -0.0400. The molecule has 1 unspecified atom stereocenters. The Morgan fingerprint density at radius 2 is 1.44 bits per heavy atom. The lowest BCUT2D eigenvalue weighted by Crippen LogP contribution is -2.22. The molecule has 0 aliphatic carbocycles. The van der Waals surface area contributed by atoms with Crippen molar-refractivity contribution in [1.82, 2.24) is 5.32 Å². The Labute approximate surface area is 103 Å². The van der Waals surface area contributed by atoms with Crippen molar-refractivity contribution in [3.63, 3.8) is 0 Å². The van der Waals surface area contributed by atoms with E-state index in [-0.39, 0.29) is 0 Å². The highest BCUT2D eigenvalue weighted by atomic mass is 14.8. The van der Waals surface area contributed by atoms with Crippen LogP contribution in [0.15, 0.2) is 0 Å². The summed E-state index contributed by atoms with van der Waals surface area (Å²) in [5.74, 6) is 0.913. The second-order valence-corrected chi connectivity index (χ2v) is 4.99. The van der Waals surface area contributed by atoms with Crippen molar-refractivity contribution < 1.29 is 0 Å². The van der Waals surface area contributed by atoms with Gasteiger partial charge in [-0.2, -0.15) is 0 Å². The molecule has 0 amide bonds. The molecule has 0 saturated heterocycles. The Kier molecular flexibility index (Phi) is 13.0. The van der Waals surface area contributed by atoms with Crippen LogP contribution in [0.4, 0.5) is 0 Å². The molecular formula is C15H33N. The average molecular weight is 227 g/mol. The van der Waals surface area contributed by atoms with Crippen LogP contribution in [0.2, 0.25) is 0 Å². The molecule has 0 aromatic rings. The minimum atomic E-state index is 0.913. The number of unbranched alkanes of at least 4 members (excludes halogenated alkanes) is 6. The first kappa shape index (κ1) is 16.0. The summed E-state index contributed by atoms with van der Waals surface area (Å²) in [6.45, 7) is 9.15. The molecule has 1 heteroatoms. The lowest BCUT2D eigenvalue weighted by atomic mass is 9.97. The zero-order valence-electron chi connectivity index (χ0n) is 11.9. The summed E-state index contributed by atoms with van der Waals surface area (Å²) in [7, 11) is 0. The topological polar surface area (TPSA) is 12.0 Å². The maximum Gasteiger partial charge on any atom is -0.00207 e. The average Bonchev–Trinajstić information content (AvgIpc) is 2.32. The van der Waals surface area contributed by atoms with E-state index in [1.54, 1.807) is 0 Å². The van der Waals surface area contributed by atoms with Crippen LogP contribution in [0.5, 0.6) is 0 Å². The van der Waals surface area contributed by atoms with Gasteiger partial charge in [-0.15, -0.1) is 0 Å². The second kappa shape index (κ2) is 13.0. The third-order valence-electron chi connectivity index (χ3n) is 3.48. The van der Waals surface area contributed by atoms with Crippen molar-refractivity contribution in [1.29, 1.82) is 0 Å². The van der Waals surface area contributed by atoms with Crippen LogP contribution in [0.25, 0.3) is 0 Å². The molecule has 0 aromatic carbocycles. The largest absolute Gasteiger partial charge is 0.317 e. The van der Waals surface area contributed by atoms with Crippen LogP contribution in [0.1, 0.15) is 78.6 Å². The standard InChI is InChI=1S/C15H33N/c1-4-7-8-9-10-11-12-13-15(5-2)14-16-6-3/h15-16H,4-14H2,1-3H3. The van der Waals surface area contributed by atoms with Crippen molar-refractivity contribution in [3.8, 4) is 0 Å². The van der Waals surface area contributed by atoms with E-state index in [0.29, 0.717) is 0 Å². The number of rotatable bonds is 12. The van der Waals surface area contributed by atoms with Crippen molar-refractivity contribution >= 4 is 0 Å². The molecule has 0 aliphatic heterocycles.